The third-order valence-corrected chi connectivity index (χ3v) is 6.95. The standard InChI is InChI=1S/C21H16Br4N2O3/c1-29-18-10-15(24)14(23)9-17(18)26-11-30-19-8-13(22)7-16(25)20(19)27-21(28)12-5-3-2-4-6-12/h2-10,26H,11H2,1H3,(H,27,28). The van der Waals surface area contributed by atoms with E-state index in [0.29, 0.717) is 27.2 Å². The Morgan fingerprint density at radius 1 is 0.900 bits per heavy atom. The number of methoxy groups -OCH3 is 1. The molecule has 3 aromatic rings. The topological polar surface area (TPSA) is 59.6 Å². The molecule has 9 heteroatoms. The van der Waals surface area contributed by atoms with E-state index >= 15 is 0 Å². The predicted octanol–water partition coefficient (Wildman–Crippen LogP) is 7.45. The normalized spacial score (nSPS) is 10.4. The van der Waals surface area contributed by atoms with E-state index < -0.39 is 0 Å². The summed E-state index contributed by atoms with van der Waals surface area (Å²) in [4.78, 5) is 12.6. The van der Waals surface area contributed by atoms with Gasteiger partial charge in [-0.15, -0.1) is 0 Å². The van der Waals surface area contributed by atoms with Gasteiger partial charge in [0.25, 0.3) is 5.91 Å². The first-order valence-electron chi connectivity index (χ1n) is 8.64. The number of rotatable bonds is 7. The highest BCUT2D eigenvalue weighted by Gasteiger charge is 2.15. The van der Waals surface area contributed by atoms with Crippen LogP contribution in [0.5, 0.6) is 11.5 Å². The van der Waals surface area contributed by atoms with Gasteiger partial charge < -0.3 is 20.1 Å². The van der Waals surface area contributed by atoms with Crippen molar-refractivity contribution in [3.05, 3.63) is 78.1 Å². The summed E-state index contributed by atoms with van der Waals surface area (Å²) in [5, 5.41) is 6.10. The molecule has 0 bridgehead atoms. The van der Waals surface area contributed by atoms with Crippen molar-refractivity contribution in [1.29, 1.82) is 0 Å². The van der Waals surface area contributed by atoms with Crippen LogP contribution in [0.4, 0.5) is 11.4 Å². The average molecular weight is 664 g/mol. The Morgan fingerprint density at radius 3 is 2.30 bits per heavy atom. The Balaban J connectivity index is 1.78. The number of nitrogens with one attached hydrogen (secondary N) is 2. The number of anilines is 2. The molecular formula is C21H16Br4N2O3. The van der Waals surface area contributed by atoms with E-state index in [1.165, 1.54) is 0 Å². The monoisotopic (exact) mass is 660 g/mol. The van der Waals surface area contributed by atoms with Crippen LogP contribution < -0.4 is 20.1 Å². The number of hydrogen-bond acceptors (Lipinski definition) is 4. The Labute approximate surface area is 208 Å². The van der Waals surface area contributed by atoms with Crippen molar-refractivity contribution in [3.63, 3.8) is 0 Å². The van der Waals surface area contributed by atoms with Crippen molar-refractivity contribution >= 4 is 81.0 Å². The molecule has 0 atom stereocenters. The SMILES string of the molecule is COc1cc(Br)c(Br)cc1NCOc1cc(Br)cc(Br)c1NC(=O)c1ccccc1. The maximum Gasteiger partial charge on any atom is 0.255 e. The highest BCUT2D eigenvalue weighted by molar-refractivity contribution is 9.13. The van der Waals surface area contributed by atoms with E-state index in [0.717, 1.165) is 19.1 Å². The number of benzene rings is 3. The van der Waals surface area contributed by atoms with E-state index in [9.17, 15) is 4.79 Å². The fraction of sp³-hybridized carbons (Fsp3) is 0.0952. The summed E-state index contributed by atoms with van der Waals surface area (Å²) >= 11 is 13.9. The van der Waals surface area contributed by atoms with Gasteiger partial charge in [-0.3, -0.25) is 4.79 Å². The second-order valence-electron chi connectivity index (χ2n) is 6.01. The van der Waals surface area contributed by atoms with Crippen LogP contribution in [-0.2, 0) is 0 Å². The molecule has 0 aromatic heterocycles. The molecule has 2 N–H and O–H groups in total. The van der Waals surface area contributed by atoms with Crippen molar-refractivity contribution < 1.29 is 14.3 Å². The van der Waals surface area contributed by atoms with Crippen LogP contribution >= 0.6 is 63.7 Å². The quantitative estimate of drug-likeness (QED) is 0.258. The smallest absolute Gasteiger partial charge is 0.255 e. The number of halogens is 4. The molecule has 0 radical (unpaired) electrons. The van der Waals surface area contributed by atoms with Crippen LogP contribution in [0.1, 0.15) is 10.4 Å². The summed E-state index contributed by atoms with van der Waals surface area (Å²) in [7, 11) is 1.60. The summed E-state index contributed by atoms with van der Waals surface area (Å²) in [5.74, 6) is 0.944. The second kappa shape index (κ2) is 10.7. The maximum atomic E-state index is 12.6. The minimum absolute atomic E-state index is 0.154. The van der Waals surface area contributed by atoms with Gasteiger partial charge in [-0.1, -0.05) is 34.1 Å². The first kappa shape index (κ1) is 23.1. The third-order valence-electron chi connectivity index (χ3n) is 4.03. The largest absolute Gasteiger partial charge is 0.495 e. The molecule has 5 nitrogen and oxygen atoms in total. The zero-order chi connectivity index (χ0) is 21.7. The van der Waals surface area contributed by atoms with Gasteiger partial charge in [-0.2, -0.15) is 0 Å². The molecule has 156 valence electrons. The zero-order valence-electron chi connectivity index (χ0n) is 15.6. The van der Waals surface area contributed by atoms with Crippen LogP contribution in [-0.4, -0.2) is 19.7 Å². The van der Waals surface area contributed by atoms with E-state index in [-0.39, 0.29) is 12.6 Å². The highest BCUT2D eigenvalue weighted by Crippen LogP contribution is 2.37. The van der Waals surface area contributed by atoms with Crippen LogP contribution in [0.15, 0.2) is 72.5 Å². The zero-order valence-corrected chi connectivity index (χ0v) is 22.0. The second-order valence-corrected chi connectivity index (χ2v) is 9.49. The fourth-order valence-electron chi connectivity index (χ4n) is 2.59. The van der Waals surface area contributed by atoms with Gasteiger partial charge in [-0.05, 0) is 84.2 Å². The van der Waals surface area contributed by atoms with Crippen molar-refractivity contribution in [2.45, 2.75) is 0 Å². The maximum absolute atomic E-state index is 12.6. The summed E-state index contributed by atoms with van der Waals surface area (Å²) in [6, 6.07) is 16.4. The Bertz CT molecular complexity index is 1060. The predicted molar refractivity (Wildman–Crippen MR) is 134 cm³/mol. The van der Waals surface area contributed by atoms with Crippen LogP contribution in [0.3, 0.4) is 0 Å². The summed E-state index contributed by atoms with van der Waals surface area (Å²) in [6.45, 7) is 0.154. The lowest BCUT2D eigenvalue weighted by molar-refractivity contribution is 0.102. The molecule has 0 saturated heterocycles. The molecule has 0 aliphatic heterocycles. The molecule has 0 aliphatic rings. The number of carbonyl (C=O) groups excluding carboxylic acids is 1. The number of amides is 1. The number of ether oxygens (including phenoxy) is 2. The lowest BCUT2D eigenvalue weighted by Crippen LogP contribution is -2.15. The van der Waals surface area contributed by atoms with Crippen molar-refractivity contribution in [2.24, 2.45) is 0 Å². The average Bonchev–Trinajstić information content (AvgIpc) is 2.73. The first-order chi connectivity index (χ1) is 14.4. The minimum Gasteiger partial charge on any atom is -0.495 e. The minimum atomic E-state index is -0.227. The molecule has 1 amide bonds. The summed E-state index contributed by atoms with van der Waals surface area (Å²) in [5.41, 5.74) is 1.86. The van der Waals surface area contributed by atoms with E-state index in [1.54, 1.807) is 25.3 Å². The van der Waals surface area contributed by atoms with Crippen LogP contribution in [0.2, 0.25) is 0 Å². The van der Waals surface area contributed by atoms with Gasteiger partial charge in [0, 0.05) is 23.5 Å². The Morgan fingerprint density at radius 2 is 1.60 bits per heavy atom. The van der Waals surface area contributed by atoms with Gasteiger partial charge in [0.05, 0.1) is 18.5 Å². The van der Waals surface area contributed by atoms with Crippen molar-refractivity contribution in [2.75, 3.05) is 24.5 Å². The Hall–Kier alpha value is -1.55. The lowest BCUT2D eigenvalue weighted by Gasteiger charge is -2.17. The molecule has 0 aliphatic carbocycles. The molecule has 3 rings (SSSR count). The number of hydrogen-bond donors (Lipinski definition) is 2. The molecule has 3 aromatic carbocycles. The van der Waals surface area contributed by atoms with E-state index in [4.69, 9.17) is 9.47 Å². The van der Waals surface area contributed by atoms with Gasteiger partial charge >= 0.3 is 0 Å². The number of carbonyl (C=O) groups is 1. The molecular weight excluding hydrogens is 648 g/mol. The first-order valence-corrected chi connectivity index (χ1v) is 11.8. The van der Waals surface area contributed by atoms with Gasteiger partial charge in [-0.25, -0.2) is 0 Å². The Kier molecular flexibility index (Phi) is 8.21. The van der Waals surface area contributed by atoms with Gasteiger partial charge in [0.1, 0.15) is 11.5 Å². The van der Waals surface area contributed by atoms with Gasteiger partial charge in [0.15, 0.2) is 6.73 Å². The lowest BCUT2D eigenvalue weighted by atomic mass is 10.2. The molecule has 0 unspecified atom stereocenters. The molecule has 30 heavy (non-hydrogen) atoms. The van der Waals surface area contributed by atoms with Crippen LogP contribution in [0, 0.1) is 0 Å². The van der Waals surface area contributed by atoms with Crippen molar-refractivity contribution in [3.8, 4) is 11.5 Å². The molecule has 0 fully saturated rings. The third kappa shape index (κ3) is 5.78. The van der Waals surface area contributed by atoms with E-state index in [1.807, 2.05) is 36.4 Å². The summed E-state index contributed by atoms with van der Waals surface area (Å²) < 4.78 is 14.6. The van der Waals surface area contributed by atoms with Crippen LogP contribution in [0.25, 0.3) is 0 Å². The van der Waals surface area contributed by atoms with Gasteiger partial charge in [0.2, 0.25) is 0 Å². The fourth-order valence-corrected chi connectivity index (χ4v) is 4.54. The summed E-state index contributed by atoms with van der Waals surface area (Å²) in [6.07, 6.45) is 0. The van der Waals surface area contributed by atoms with E-state index in [2.05, 4.69) is 74.4 Å². The molecule has 0 heterocycles. The van der Waals surface area contributed by atoms with Crippen molar-refractivity contribution in [1.82, 2.24) is 0 Å². The molecule has 0 saturated carbocycles. The molecule has 0 spiro atoms. The highest BCUT2D eigenvalue weighted by atomic mass is 79.9.